The normalized spacial score (nSPS) is 9.73. The van der Waals surface area contributed by atoms with Crippen molar-refractivity contribution in [2.45, 2.75) is 13.8 Å². The predicted octanol–water partition coefficient (Wildman–Crippen LogP) is 2.80. The van der Waals surface area contributed by atoms with E-state index in [0.717, 1.165) is 9.13 Å². The van der Waals surface area contributed by atoms with Crippen molar-refractivity contribution in [2.75, 3.05) is 0 Å². The zero-order chi connectivity index (χ0) is 8.43. The van der Waals surface area contributed by atoms with Crippen LogP contribution in [0, 0.1) is 10.5 Å². The van der Waals surface area contributed by atoms with Gasteiger partial charge in [0.2, 0.25) is 0 Å². The molecule has 0 aromatic heterocycles. The van der Waals surface area contributed by atoms with Gasteiger partial charge in [0.25, 0.3) is 0 Å². The summed E-state index contributed by atoms with van der Waals surface area (Å²) in [5.74, 6) is 0.134. The predicted molar refractivity (Wildman–Crippen MR) is 53.9 cm³/mol. The number of hydrogen-bond acceptors (Lipinski definition) is 1. The quantitative estimate of drug-likeness (QED) is 0.560. The Hall–Kier alpha value is -0.380. The Morgan fingerprint density at radius 3 is 2.55 bits per heavy atom. The SMILES string of the molecule is CC(=O)c1ccc(C)cc1I. The maximum Gasteiger partial charge on any atom is 0.160 e. The summed E-state index contributed by atoms with van der Waals surface area (Å²) < 4.78 is 1.04. The topological polar surface area (TPSA) is 17.1 Å². The van der Waals surface area contributed by atoms with E-state index in [0.29, 0.717) is 0 Å². The Balaban J connectivity index is 3.20. The molecular weight excluding hydrogens is 251 g/mol. The van der Waals surface area contributed by atoms with Crippen LogP contribution in [0.4, 0.5) is 0 Å². The summed E-state index contributed by atoms with van der Waals surface area (Å²) in [6.07, 6.45) is 0. The van der Waals surface area contributed by atoms with Crippen LogP contribution in [0.5, 0.6) is 0 Å². The molecule has 0 N–H and O–H groups in total. The molecule has 0 radical (unpaired) electrons. The molecule has 0 fully saturated rings. The fourth-order valence-corrected chi connectivity index (χ4v) is 1.96. The van der Waals surface area contributed by atoms with E-state index in [1.165, 1.54) is 5.56 Å². The highest BCUT2D eigenvalue weighted by molar-refractivity contribution is 14.1. The van der Waals surface area contributed by atoms with Crippen LogP contribution < -0.4 is 0 Å². The minimum absolute atomic E-state index is 0.134. The van der Waals surface area contributed by atoms with Crippen molar-refractivity contribution < 1.29 is 4.79 Å². The molecular formula is C9H9IO. The fourth-order valence-electron chi connectivity index (χ4n) is 0.906. The van der Waals surface area contributed by atoms with E-state index in [4.69, 9.17) is 0 Å². The van der Waals surface area contributed by atoms with Gasteiger partial charge in [0.15, 0.2) is 5.78 Å². The number of ketones is 1. The van der Waals surface area contributed by atoms with E-state index in [1.807, 2.05) is 25.1 Å². The van der Waals surface area contributed by atoms with Crippen molar-refractivity contribution in [1.29, 1.82) is 0 Å². The van der Waals surface area contributed by atoms with Crippen molar-refractivity contribution in [3.05, 3.63) is 32.9 Å². The second kappa shape index (κ2) is 3.34. The summed E-state index contributed by atoms with van der Waals surface area (Å²) in [6.45, 7) is 3.61. The van der Waals surface area contributed by atoms with E-state index in [-0.39, 0.29) is 5.78 Å². The zero-order valence-corrected chi connectivity index (χ0v) is 8.68. The molecule has 1 aromatic rings. The first kappa shape index (κ1) is 8.71. The first-order valence-electron chi connectivity index (χ1n) is 3.38. The molecule has 0 aliphatic carbocycles. The number of carbonyl (C=O) groups is 1. The molecule has 0 bridgehead atoms. The van der Waals surface area contributed by atoms with Gasteiger partial charge in [-0.25, -0.2) is 0 Å². The highest BCUT2D eigenvalue weighted by Gasteiger charge is 2.03. The number of aryl methyl sites for hydroxylation is 1. The van der Waals surface area contributed by atoms with Crippen molar-refractivity contribution in [1.82, 2.24) is 0 Å². The van der Waals surface area contributed by atoms with Gasteiger partial charge in [-0.05, 0) is 42.5 Å². The number of hydrogen-bond donors (Lipinski definition) is 0. The second-order valence-corrected chi connectivity index (χ2v) is 3.70. The van der Waals surface area contributed by atoms with Crippen LogP contribution in [0.15, 0.2) is 18.2 Å². The summed E-state index contributed by atoms with van der Waals surface area (Å²) in [6, 6.07) is 5.84. The first-order chi connectivity index (χ1) is 5.11. The molecule has 0 heterocycles. The number of benzene rings is 1. The van der Waals surface area contributed by atoms with Gasteiger partial charge in [0.05, 0.1) is 0 Å². The van der Waals surface area contributed by atoms with Crippen LogP contribution >= 0.6 is 22.6 Å². The second-order valence-electron chi connectivity index (χ2n) is 2.54. The van der Waals surface area contributed by atoms with Crippen molar-refractivity contribution >= 4 is 28.4 Å². The Kier molecular flexibility index (Phi) is 2.65. The maximum atomic E-state index is 11.0. The van der Waals surface area contributed by atoms with Gasteiger partial charge < -0.3 is 0 Å². The molecule has 1 rings (SSSR count). The number of carbonyl (C=O) groups excluding carboxylic acids is 1. The number of rotatable bonds is 1. The third-order valence-electron chi connectivity index (χ3n) is 1.50. The molecule has 0 amide bonds. The van der Waals surface area contributed by atoms with Crippen LogP contribution in [-0.2, 0) is 0 Å². The van der Waals surface area contributed by atoms with Crippen LogP contribution in [0.1, 0.15) is 22.8 Å². The fraction of sp³-hybridized carbons (Fsp3) is 0.222. The lowest BCUT2D eigenvalue weighted by molar-refractivity contribution is 0.101. The molecule has 0 saturated heterocycles. The molecule has 0 spiro atoms. The third-order valence-corrected chi connectivity index (χ3v) is 2.40. The molecule has 0 unspecified atom stereocenters. The lowest BCUT2D eigenvalue weighted by Crippen LogP contribution is -1.95. The summed E-state index contributed by atoms with van der Waals surface area (Å²) in [5.41, 5.74) is 2.01. The van der Waals surface area contributed by atoms with E-state index >= 15 is 0 Å². The minimum atomic E-state index is 0.134. The Morgan fingerprint density at radius 2 is 2.09 bits per heavy atom. The monoisotopic (exact) mass is 260 g/mol. The van der Waals surface area contributed by atoms with Gasteiger partial charge in [-0.1, -0.05) is 17.7 Å². The van der Waals surface area contributed by atoms with Crippen LogP contribution in [0.2, 0.25) is 0 Å². The smallest absolute Gasteiger partial charge is 0.160 e. The van der Waals surface area contributed by atoms with Gasteiger partial charge in [-0.2, -0.15) is 0 Å². The molecule has 1 aromatic carbocycles. The summed E-state index contributed by atoms with van der Waals surface area (Å²) in [7, 11) is 0. The van der Waals surface area contributed by atoms with E-state index in [2.05, 4.69) is 22.6 Å². The summed E-state index contributed by atoms with van der Waals surface area (Å²) in [4.78, 5) is 11.0. The van der Waals surface area contributed by atoms with Gasteiger partial charge in [-0.3, -0.25) is 4.79 Å². The standard InChI is InChI=1S/C9H9IO/c1-6-3-4-8(7(2)11)9(10)5-6/h3-5H,1-2H3. The molecule has 0 aliphatic heterocycles. The van der Waals surface area contributed by atoms with E-state index < -0.39 is 0 Å². The largest absolute Gasteiger partial charge is 0.294 e. The van der Waals surface area contributed by atoms with Crippen molar-refractivity contribution in [3.63, 3.8) is 0 Å². The average molecular weight is 260 g/mol. The Morgan fingerprint density at radius 1 is 1.45 bits per heavy atom. The average Bonchev–Trinajstić information content (AvgIpc) is 1.85. The van der Waals surface area contributed by atoms with Gasteiger partial charge in [-0.15, -0.1) is 0 Å². The molecule has 1 nitrogen and oxygen atoms in total. The summed E-state index contributed by atoms with van der Waals surface area (Å²) in [5, 5.41) is 0. The van der Waals surface area contributed by atoms with Gasteiger partial charge >= 0.3 is 0 Å². The molecule has 0 saturated carbocycles. The lowest BCUT2D eigenvalue weighted by Gasteiger charge is -1.99. The minimum Gasteiger partial charge on any atom is -0.294 e. The van der Waals surface area contributed by atoms with Crippen LogP contribution in [0.3, 0.4) is 0 Å². The van der Waals surface area contributed by atoms with E-state index in [1.54, 1.807) is 6.92 Å². The number of halogens is 1. The Bertz CT molecular complexity index is 292. The maximum absolute atomic E-state index is 11.0. The molecule has 58 valence electrons. The molecule has 2 heteroatoms. The van der Waals surface area contributed by atoms with Gasteiger partial charge in [0, 0.05) is 9.13 Å². The van der Waals surface area contributed by atoms with Gasteiger partial charge in [0.1, 0.15) is 0 Å². The number of Topliss-reactive ketones (excluding diaryl/α,β-unsaturated/α-hetero) is 1. The van der Waals surface area contributed by atoms with Crippen LogP contribution in [0.25, 0.3) is 0 Å². The first-order valence-corrected chi connectivity index (χ1v) is 4.46. The molecule has 11 heavy (non-hydrogen) atoms. The zero-order valence-electron chi connectivity index (χ0n) is 6.52. The summed E-state index contributed by atoms with van der Waals surface area (Å²) >= 11 is 2.18. The third kappa shape index (κ3) is 2.02. The molecule has 0 atom stereocenters. The van der Waals surface area contributed by atoms with Crippen molar-refractivity contribution in [3.8, 4) is 0 Å². The molecule has 0 aliphatic rings. The lowest BCUT2D eigenvalue weighted by atomic mass is 10.1. The van der Waals surface area contributed by atoms with Crippen molar-refractivity contribution in [2.24, 2.45) is 0 Å². The van der Waals surface area contributed by atoms with Crippen LogP contribution in [-0.4, -0.2) is 5.78 Å². The highest BCUT2D eigenvalue weighted by atomic mass is 127. The Labute approximate surface area is 79.9 Å². The highest BCUT2D eigenvalue weighted by Crippen LogP contribution is 2.14. The van der Waals surface area contributed by atoms with E-state index in [9.17, 15) is 4.79 Å².